The van der Waals surface area contributed by atoms with Crippen LogP contribution in [0.1, 0.15) is 129 Å². The van der Waals surface area contributed by atoms with Crippen LogP contribution in [0.5, 0.6) is 34.5 Å². The normalized spacial score (nSPS) is 13.5. The van der Waals surface area contributed by atoms with Crippen LogP contribution in [0, 0.1) is 0 Å². The van der Waals surface area contributed by atoms with Gasteiger partial charge in [-0.2, -0.15) is 0 Å². The van der Waals surface area contributed by atoms with Gasteiger partial charge in [-0.05, 0) is 103 Å². The van der Waals surface area contributed by atoms with Crippen molar-refractivity contribution >= 4 is 126 Å². The second-order valence-electron chi connectivity index (χ2n) is 28.4. The average Bonchev–Trinajstić information content (AvgIpc) is 1.67. The first-order valence-electron chi connectivity index (χ1n) is 38.4. The van der Waals surface area contributed by atoms with Crippen molar-refractivity contribution < 1.29 is 66.7 Å². The van der Waals surface area contributed by atoms with E-state index in [1.807, 2.05) is 187 Å². The number of thioether (sulfide) groups is 3. The highest BCUT2D eigenvalue weighted by atomic mass is 32.2. The first-order chi connectivity index (χ1) is 56.8. The van der Waals surface area contributed by atoms with E-state index in [-0.39, 0.29) is 153 Å². The Morgan fingerprint density at radius 2 is 0.650 bits per heavy atom. The van der Waals surface area contributed by atoms with Gasteiger partial charge in [0, 0.05) is 82.2 Å². The van der Waals surface area contributed by atoms with Gasteiger partial charge in [0.25, 0.3) is 35.4 Å². The predicted molar refractivity (Wildman–Crippen MR) is 468 cm³/mol. The molecule has 1 atom stereocenters. The van der Waals surface area contributed by atoms with E-state index in [4.69, 9.17) is 69.8 Å². The van der Waals surface area contributed by atoms with E-state index in [1.165, 1.54) is 68.2 Å². The monoisotopic (exact) mass is 1690 g/mol. The molecule has 3 heterocycles. The predicted octanol–water partition coefficient (Wildman–Crippen LogP) is 15.1. The Bertz CT molecular complexity index is 4810. The summed E-state index contributed by atoms with van der Waals surface area (Å²) >= 11 is 21.2. The van der Waals surface area contributed by atoms with E-state index in [2.05, 4.69) is 21.3 Å². The fourth-order valence-corrected chi connectivity index (χ4v) is 16.5. The maximum Gasteiger partial charge on any atom is 0.407 e. The van der Waals surface area contributed by atoms with E-state index in [0.29, 0.717) is 56.3 Å². The van der Waals surface area contributed by atoms with Crippen molar-refractivity contribution in [3.8, 4) is 34.5 Å². The minimum atomic E-state index is -0.798. The molecule has 606 valence electrons. The van der Waals surface area contributed by atoms with Crippen LogP contribution in [-0.4, -0.2) is 162 Å². The van der Waals surface area contributed by atoms with Crippen molar-refractivity contribution in [1.82, 2.24) is 40.9 Å². The molecule has 0 radical (unpaired) electrons. The molecule has 12 rings (SSSR count). The molecule has 3 fully saturated rings. The number of ether oxygens (including phenoxy) is 7. The fraction of sp³-hybridized carbons (Fsp3) is 0.281. The van der Waals surface area contributed by atoms with Gasteiger partial charge < -0.3 is 54.4 Å². The van der Waals surface area contributed by atoms with Crippen LogP contribution in [0.3, 0.4) is 0 Å². The summed E-state index contributed by atoms with van der Waals surface area (Å²) in [6, 6.07) is 64.8. The number of alkyl carbamates (subject to hydrolysis) is 1. The first-order valence-corrected chi connectivity index (χ1v) is 42.5. The Balaban J connectivity index is 0.906. The van der Waals surface area contributed by atoms with E-state index >= 15 is 14.4 Å². The van der Waals surface area contributed by atoms with Crippen molar-refractivity contribution in [3.05, 3.63) is 285 Å². The van der Waals surface area contributed by atoms with E-state index < -0.39 is 53.2 Å². The van der Waals surface area contributed by atoms with Crippen LogP contribution in [-0.2, 0) is 44.4 Å². The number of nitrogens with zero attached hydrogens (tertiary/aromatic N) is 4. The number of carbonyl (C=O) groups is 7. The number of rotatable bonds is 37. The number of carbonyl (C=O) groups excluding carboxylic acids is 7. The number of nitrogens with one attached hydrogen (secondary N) is 4. The molecule has 28 heteroatoms. The van der Waals surface area contributed by atoms with Crippen molar-refractivity contribution in [2.75, 3.05) is 76.2 Å². The summed E-state index contributed by atoms with van der Waals surface area (Å²) in [5, 5.41) is 12.4. The van der Waals surface area contributed by atoms with Crippen LogP contribution in [0.4, 0.5) is 4.79 Å². The van der Waals surface area contributed by atoms with Gasteiger partial charge in [-0.25, -0.2) is 4.79 Å². The smallest absolute Gasteiger partial charge is 0.407 e. The maximum atomic E-state index is 15.8. The Kier molecular flexibility index (Phi) is 30.9. The third kappa shape index (κ3) is 23.9. The number of amides is 7. The van der Waals surface area contributed by atoms with Crippen LogP contribution >= 0.6 is 71.9 Å². The van der Waals surface area contributed by atoms with E-state index in [9.17, 15) is 19.2 Å². The molecule has 0 bridgehead atoms. The zero-order valence-electron chi connectivity index (χ0n) is 65.0. The summed E-state index contributed by atoms with van der Waals surface area (Å²) < 4.78 is 46.8. The lowest BCUT2D eigenvalue weighted by Gasteiger charge is -2.29. The Hall–Kier alpha value is -10.9. The van der Waals surface area contributed by atoms with Crippen LogP contribution in [0.15, 0.2) is 218 Å². The largest absolute Gasteiger partial charge is 0.484 e. The second kappa shape index (κ2) is 42.3. The van der Waals surface area contributed by atoms with Crippen molar-refractivity contribution in [2.24, 2.45) is 0 Å². The molecule has 9 aromatic rings. The number of benzene rings is 9. The standard InChI is InChI=1S/C89H90N8O14S6/c1-89(2,3)111-85(104)92-42-22-35-66(93-81(100)69-38-41-72(84(103)97-49-52-117-88(97)114)78(110-59-65-33-20-9-21-34-65)75(69)107-56-62-27-14-6-15-28-62)53-94(45-43-90-79(98)67-36-39-70(82(101)95-47-50-115-86(95)112)76(108-57-63-29-16-7-17-30-63)73(67)105-54-60-23-10-4-11-24-60)46-44-91-80(99)68-37-40-71(83(102)96-48-51-116-87(96)113)77(109-58-64-31-18-8-19-32-64)74(68)106-55-61-25-12-5-13-26-61/h4-21,23-34,36-41,66H,22,35,42-59H2,1-3H3,(H,90,98)(H,91,99)(H,92,104)(H,93,100). The third-order valence-electron chi connectivity index (χ3n) is 18.8. The average molecular weight is 1690 g/mol. The zero-order valence-corrected chi connectivity index (χ0v) is 69.9. The highest BCUT2D eigenvalue weighted by Gasteiger charge is 2.36. The Morgan fingerprint density at radius 3 is 0.923 bits per heavy atom. The first kappa shape index (κ1) is 85.5. The quantitative estimate of drug-likeness (QED) is 0.0209. The van der Waals surface area contributed by atoms with Gasteiger partial charge in [0.15, 0.2) is 34.5 Å². The minimum absolute atomic E-state index is 0.00294. The maximum absolute atomic E-state index is 15.8. The van der Waals surface area contributed by atoms with Gasteiger partial charge in [0.2, 0.25) is 0 Å². The molecule has 0 spiro atoms. The Labute approximate surface area is 709 Å². The van der Waals surface area contributed by atoms with Crippen LogP contribution in [0.25, 0.3) is 0 Å². The summed E-state index contributed by atoms with van der Waals surface area (Å²) in [6.45, 7) is 6.61. The molecule has 22 nitrogen and oxygen atoms in total. The molecule has 0 aromatic heterocycles. The van der Waals surface area contributed by atoms with Gasteiger partial charge >= 0.3 is 6.09 Å². The highest BCUT2D eigenvalue weighted by molar-refractivity contribution is 8.24. The third-order valence-corrected chi connectivity index (χ3v) is 23.1. The number of hydrogen-bond acceptors (Lipinski definition) is 21. The summed E-state index contributed by atoms with van der Waals surface area (Å²) in [6.07, 6.45) is -0.103. The molecule has 3 saturated heterocycles. The molecule has 3 aliphatic rings. The molecule has 0 saturated carbocycles. The molecule has 7 amide bonds. The van der Waals surface area contributed by atoms with Crippen molar-refractivity contribution in [3.63, 3.8) is 0 Å². The summed E-state index contributed by atoms with van der Waals surface area (Å²) in [5.74, 6) is -1.08. The molecular formula is C89H90N8O14S6. The lowest BCUT2D eigenvalue weighted by molar-refractivity contribution is 0.0524. The van der Waals surface area contributed by atoms with Gasteiger partial charge in [0.1, 0.15) is 58.2 Å². The topological polar surface area (TPSA) is 245 Å². The van der Waals surface area contributed by atoms with Gasteiger partial charge in [0.05, 0.1) is 33.4 Å². The van der Waals surface area contributed by atoms with Crippen LogP contribution < -0.4 is 49.7 Å². The molecular weight excluding hydrogens is 1600 g/mol. The second-order valence-corrected chi connectivity index (χ2v) is 33.6. The number of thiocarbonyl (C=S) groups is 3. The highest BCUT2D eigenvalue weighted by Crippen LogP contribution is 2.42. The van der Waals surface area contributed by atoms with Gasteiger partial charge in [-0.1, -0.05) is 254 Å². The lowest BCUT2D eigenvalue weighted by Crippen LogP contribution is -2.48. The van der Waals surface area contributed by atoms with Crippen molar-refractivity contribution in [1.29, 1.82) is 0 Å². The summed E-state index contributed by atoms with van der Waals surface area (Å²) in [4.78, 5) is 110. The van der Waals surface area contributed by atoms with E-state index in [1.54, 1.807) is 39.0 Å². The molecule has 9 aromatic carbocycles. The SMILES string of the molecule is CC(C)(C)OC(=O)NCCCC(CN(CCNC(=O)c1ccc(C(=O)N2CCSC2=S)c(OCc2ccccc2)c1OCc1ccccc1)CCNC(=O)c1ccc(C(=O)N2CCSC2=S)c(OCc2ccccc2)c1OCc1ccccc1)NC(=O)c1ccc(C(=O)N2CCSC2=S)c(OCc2ccccc2)c1OCc1ccccc1. The lowest BCUT2D eigenvalue weighted by atomic mass is 10.0. The molecule has 1 unspecified atom stereocenters. The number of hydrogen-bond donors (Lipinski definition) is 4. The molecule has 117 heavy (non-hydrogen) atoms. The Morgan fingerprint density at radius 1 is 0.376 bits per heavy atom. The van der Waals surface area contributed by atoms with E-state index in [0.717, 1.165) is 33.4 Å². The van der Waals surface area contributed by atoms with Crippen molar-refractivity contribution in [2.45, 2.75) is 84.9 Å². The zero-order chi connectivity index (χ0) is 82.1. The summed E-state index contributed by atoms with van der Waals surface area (Å²) in [5.41, 5.74) is 4.44. The van der Waals surface area contributed by atoms with Gasteiger partial charge in [-0.3, -0.25) is 48.4 Å². The molecule has 4 N–H and O–H groups in total. The fourth-order valence-electron chi connectivity index (χ4n) is 12.9. The molecule has 3 aliphatic heterocycles. The minimum Gasteiger partial charge on any atom is -0.484 e. The van der Waals surface area contributed by atoms with Gasteiger partial charge in [-0.15, -0.1) is 0 Å². The van der Waals surface area contributed by atoms with Crippen LogP contribution in [0.2, 0.25) is 0 Å². The summed E-state index contributed by atoms with van der Waals surface area (Å²) in [7, 11) is 0. The molecule has 0 aliphatic carbocycles.